The number of morpholine rings is 1. The van der Waals surface area contributed by atoms with Gasteiger partial charge in [-0.1, -0.05) is 6.07 Å². The van der Waals surface area contributed by atoms with E-state index in [0.29, 0.717) is 25.2 Å². The highest BCUT2D eigenvalue weighted by Crippen LogP contribution is 2.39. The first-order valence-corrected chi connectivity index (χ1v) is 11.1. The van der Waals surface area contributed by atoms with Gasteiger partial charge in [-0.05, 0) is 49.8 Å². The van der Waals surface area contributed by atoms with Gasteiger partial charge in [0.15, 0.2) is 0 Å². The van der Waals surface area contributed by atoms with Crippen LogP contribution in [0.25, 0.3) is 0 Å². The van der Waals surface area contributed by atoms with Gasteiger partial charge in [-0.25, -0.2) is 0 Å². The van der Waals surface area contributed by atoms with Crippen molar-refractivity contribution in [3.05, 3.63) is 29.6 Å². The van der Waals surface area contributed by atoms with Crippen molar-refractivity contribution in [3.8, 4) is 0 Å². The SMILES string of the molecule is O=C1NC(N2CCOCC2)NC(N[C@@H]2CCCNC2)C1c1ccc(C2CC2)cn1. The fourth-order valence-electron chi connectivity index (χ4n) is 4.67. The third-order valence-corrected chi connectivity index (χ3v) is 6.53. The van der Waals surface area contributed by atoms with Crippen LogP contribution < -0.4 is 21.3 Å². The zero-order valence-corrected chi connectivity index (χ0v) is 16.9. The number of carbonyl (C=O) groups excluding carboxylic acids is 1. The molecule has 1 aliphatic carbocycles. The fraction of sp³-hybridized carbons (Fsp3) is 0.714. The molecule has 0 spiro atoms. The molecule has 3 aliphatic heterocycles. The lowest BCUT2D eigenvalue weighted by atomic mass is 9.95. The lowest BCUT2D eigenvalue weighted by molar-refractivity contribution is -0.131. The predicted octanol–water partition coefficient (Wildman–Crippen LogP) is 0.0455. The standard InChI is InChI=1S/C21H32N6O2/c28-20-18(17-6-5-15(12-23-17)14-3-4-14)19(24-16-2-1-7-22-13-16)25-21(26-20)27-8-10-29-11-9-27/h5-6,12,14,16,18-19,21-22,24-25H,1-4,7-11,13H2,(H,26,28)/t16-,18?,19?,21?/m1/s1. The number of pyridine rings is 1. The van der Waals surface area contributed by atoms with Crippen LogP contribution in [0, 0.1) is 0 Å². The van der Waals surface area contributed by atoms with Crippen LogP contribution in [0.3, 0.4) is 0 Å². The monoisotopic (exact) mass is 400 g/mol. The van der Waals surface area contributed by atoms with E-state index in [1.165, 1.54) is 18.4 Å². The van der Waals surface area contributed by atoms with Crippen molar-refractivity contribution < 1.29 is 9.53 Å². The number of hydrogen-bond acceptors (Lipinski definition) is 7. The molecule has 4 fully saturated rings. The molecular formula is C21H32N6O2. The topological polar surface area (TPSA) is 90.6 Å². The maximum absolute atomic E-state index is 13.2. The van der Waals surface area contributed by atoms with Gasteiger partial charge in [0.2, 0.25) is 5.91 Å². The summed E-state index contributed by atoms with van der Waals surface area (Å²) in [5.41, 5.74) is 2.13. The summed E-state index contributed by atoms with van der Waals surface area (Å²) in [4.78, 5) is 20.2. The average Bonchev–Trinajstić information content (AvgIpc) is 3.61. The molecule has 1 aromatic rings. The molecule has 8 nitrogen and oxygen atoms in total. The van der Waals surface area contributed by atoms with E-state index in [1.54, 1.807) is 0 Å². The third-order valence-electron chi connectivity index (χ3n) is 6.53. The molecule has 4 atom stereocenters. The quantitative estimate of drug-likeness (QED) is 0.555. The third kappa shape index (κ3) is 4.46. The molecule has 5 rings (SSSR count). The van der Waals surface area contributed by atoms with Crippen LogP contribution in [0.4, 0.5) is 0 Å². The number of ether oxygens (including phenoxy) is 1. The van der Waals surface area contributed by atoms with Crippen LogP contribution in [0.15, 0.2) is 18.3 Å². The Hall–Kier alpha value is -1.58. The minimum atomic E-state index is -0.345. The predicted molar refractivity (Wildman–Crippen MR) is 109 cm³/mol. The van der Waals surface area contributed by atoms with Crippen molar-refractivity contribution in [2.75, 3.05) is 39.4 Å². The number of aromatic nitrogens is 1. The number of nitrogens with zero attached hydrogens (tertiary/aromatic N) is 2. The van der Waals surface area contributed by atoms with E-state index in [9.17, 15) is 4.79 Å². The van der Waals surface area contributed by atoms with Gasteiger partial charge in [0.1, 0.15) is 12.2 Å². The Morgan fingerprint density at radius 1 is 1.17 bits per heavy atom. The number of hydrogen-bond donors (Lipinski definition) is 4. The summed E-state index contributed by atoms with van der Waals surface area (Å²) in [6.45, 7) is 5.03. The molecule has 3 unspecified atom stereocenters. The summed E-state index contributed by atoms with van der Waals surface area (Å²) in [5.74, 6) is 0.360. The second-order valence-corrected chi connectivity index (χ2v) is 8.68. The summed E-state index contributed by atoms with van der Waals surface area (Å²) in [7, 11) is 0. The van der Waals surface area contributed by atoms with E-state index in [-0.39, 0.29) is 24.3 Å². The van der Waals surface area contributed by atoms with Crippen molar-refractivity contribution >= 4 is 5.91 Å². The van der Waals surface area contributed by atoms with E-state index in [0.717, 1.165) is 44.7 Å². The molecule has 0 radical (unpaired) electrons. The molecule has 4 heterocycles. The molecule has 0 bridgehead atoms. The zero-order valence-electron chi connectivity index (χ0n) is 16.9. The maximum atomic E-state index is 13.2. The van der Waals surface area contributed by atoms with Crippen LogP contribution in [0.5, 0.6) is 0 Å². The van der Waals surface area contributed by atoms with Crippen LogP contribution in [0.1, 0.15) is 48.8 Å². The van der Waals surface area contributed by atoms with Gasteiger partial charge in [0, 0.05) is 31.9 Å². The van der Waals surface area contributed by atoms with E-state index in [1.807, 2.05) is 12.3 Å². The Kier molecular flexibility index (Phi) is 5.78. The second-order valence-electron chi connectivity index (χ2n) is 8.68. The van der Waals surface area contributed by atoms with E-state index < -0.39 is 0 Å². The number of nitrogens with one attached hydrogen (secondary N) is 4. The Morgan fingerprint density at radius 2 is 2.03 bits per heavy atom. The molecular weight excluding hydrogens is 368 g/mol. The van der Waals surface area contributed by atoms with Crippen molar-refractivity contribution in [1.29, 1.82) is 0 Å². The minimum Gasteiger partial charge on any atom is -0.379 e. The first-order chi connectivity index (χ1) is 14.3. The molecule has 29 heavy (non-hydrogen) atoms. The molecule has 158 valence electrons. The van der Waals surface area contributed by atoms with Crippen molar-refractivity contribution in [1.82, 2.24) is 31.2 Å². The number of piperidine rings is 1. The van der Waals surface area contributed by atoms with Crippen LogP contribution in [-0.2, 0) is 9.53 Å². The number of rotatable bonds is 5. The fourth-order valence-corrected chi connectivity index (χ4v) is 4.67. The zero-order chi connectivity index (χ0) is 19.6. The number of amides is 1. The molecule has 1 saturated carbocycles. The van der Waals surface area contributed by atoms with Crippen LogP contribution in [0.2, 0.25) is 0 Å². The summed E-state index contributed by atoms with van der Waals surface area (Å²) in [6.07, 6.45) is 6.42. The van der Waals surface area contributed by atoms with Gasteiger partial charge in [0.05, 0.1) is 25.1 Å². The summed E-state index contributed by atoms with van der Waals surface area (Å²) in [6, 6.07) is 4.55. The molecule has 3 saturated heterocycles. The van der Waals surface area contributed by atoms with E-state index >= 15 is 0 Å². The van der Waals surface area contributed by atoms with Crippen molar-refractivity contribution in [2.24, 2.45) is 0 Å². The van der Waals surface area contributed by atoms with E-state index in [4.69, 9.17) is 9.72 Å². The Labute approximate surface area is 172 Å². The van der Waals surface area contributed by atoms with Crippen molar-refractivity contribution in [2.45, 2.75) is 56.0 Å². The Balaban J connectivity index is 1.35. The normalized spacial score (nSPS) is 34.0. The highest BCUT2D eigenvalue weighted by atomic mass is 16.5. The van der Waals surface area contributed by atoms with Gasteiger partial charge in [-0.2, -0.15) is 0 Å². The lowest BCUT2D eigenvalue weighted by Gasteiger charge is -2.44. The number of carbonyl (C=O) groups is 1. The molecule has 8 heteroatoms. The largest absolute Gasteiger partial charge is 0.379 e. The second kappa shape index (κ2) is 8.65. The van der Waals surface area contributed by atoms with E-state index in [2.05, 4.69) is 32.2 Å². The smallest absolute Gasteiger partial charge is 0.234 e. The van der Waals surface area contributed by atoms with Crippen LogP contribution >= 0.6 is 0 Å². The Bertz CT molecular complexity index is 698. The van der Waals surface area contributed by atoms with Gasteiger partial charge in [0.25, 0.3) is 0 Å². The Morgan fingerprint density at radius 3 is 2.72 bits per heavy atom. The first-order valence-electron chi connectivity index (χ1n) is 11.1. The maximum Gasteiger partial charge on any atom is 0.234 e. The molecule has 0 aromatic carbocycles. The molecule has 4 N–H and O–H groups in total. The van der Waals surface area contributed by atoms with Gasteiger partial charge >= 0.3 is 0 Å². The minimum absolute atomic E-state index is 0.0354. The lowest BCUT2D eigenvalue weighted by Crippen LogP contribution is -2.71. The highest BCUT2D eigenvalue weighted by Gasteiger charge is 2.41. The molecule has 1 amide bonds. The van der Waals surface area contributed by atoms with Crippen molar-refractivity contribution in [3.63, 3.8) is 0 Å². The highest BCUT2D eigenvalue weighted by molar-refractivity contribution is 5.85. The summed E-state index contributed by atoms with van der Waals surface area (Å²) >= 11 is 0. The van der Waals surface area contributed by atoms with Gasteiger partial charge in [-0.15, -0.1) is 0 Å². The molecule has 1 aromatic heterocycles. The van der Waals surface area contributed by atoms with Gasteiger partial charge in [-0.3, -0.25) is 25.3 Å². The summed E-state index contributed by atoms with van der Waals surface area (Å²) in [5, 5.41) is 14.0. The summed E-state index contributed by atoms with van der Waals surface area (Å²) < 4.78 is 5.48. The average molecular weight is 401 g/mol. The first kappa shape index (κ1) is 19.4. The van der Waals surface area contributed by atoms with Gasteiger partial charge < -0.3 is 15.4 Å². The van der Waals surface area contributed by atoms with Crippen LogP contribution in [-0.4, -0.2) is 73.7 Å². The molecule has 4 aliphatic rings.